The molecule has 1 aromatic heterocycles. The summed E-state index contributed by atoms with van der Waals surface area (Å²) in [5.41, 5.74) is 1.69. The number of rotatable bonds is 4. The number of ether oxygens (including phenoxy) is 1. The molecule has 1 aromatic carbocycles. The number of likely N-dealkylation sites (N-methyl/N-ethyl adjacent to an activating group) is 1. The first-order chi connectivity index (χ1) is 11.6. The molecule has 1 fully saturated rings. The molecule has 3 rings (SSSR count). The summed E-state index contributed by atoms with van der Waals surface area (Å²) in [6.07, 6.45) is 1.03. The zero-order valence-corrected chi connectivity index (χ0v) is 14.3. The van der Waals surface area contributed by atoms with Crippen LogP contribution < -0.4 is 15.0 Å². The van der Waals surface area contributed by atoms with Crippen molar-refractivity contribution in [3.63, 3.8) is 0 Å². The van der Waals surface area contributed by atoms with E-state index in [2.05, 4.69) is 32.1 Å². The molecule has 0 bridgehead atoms. The minimum atomic E-state index is -0.579. The largest absolute Gasteiger partial charge is 0.494 e. The molecule has 1 saturated heterocycles. The predicted octanol–water partition coefficient (Wildman–Crippen LogP) is 2.77. The molecule has 1 N–H and O–H groups in total. The number of halogens is 2. The zero-order valence-electron chi connectivity index (χ0n) is 13.6. The highest BCUT2D eigenvalue weighted by Crippen LogP contribution is 2.32. The minimum absolute atomic E-state index is 0.0145. The van der Waals surface area contributed by atoms with Crippen LogP contribution in [0.1, 0.15) is 0 Å². The molecule has 0 atom stereocenters. The Morgan fingerprint density at radius 2 is 2.00 bits per heavy atom. The van der Waals surface area contributed by atoms with Crippen LogP contribution in [0.3, 0.4) is 0 Å². The number of methoxy groups -OCH3 is 1. The van der Waals surface area contributed by atoms with Crippen molar-refractivity contribution < 1.29 is 9.13 Å². The highest BCUT2D eigenvalue weighted by atomic mass is 35.5. The lowest BCUT2D eigenvalue weighted by atomic mass is 10.2. The second kappa shape index (κ2) is 7.19. The first-order valence-electron chi connectivity index (χ1n) is 7.63. The zero-order chi connectivity index (χ0) is 17.1. The third kappa shape index (κ3) is 3.68. The molecule has 6 nitrogen and oxygen atoms in total. The molecule has 1 aliphatic heterocycles. The van der Waals surface area contributed by atoms with E-state index in [1.54, 1.807) is 7.11 Å². The number of hydrogen-bond donors (Lipinski definition) is 1. The van der Waals surface area contributed by atoms with Crippen molar-refractivity contribution in [2.75, 3.05) is 50.6 Å². The van der Waals surface area contributed by atoms with Gasteiger partial charge in [-0.05, 0) is 30.8 Å². The summed E-state index contributed by atoms with van der Waals surface area (Å²) in [5.74, 6) is 0.0470. The monoisotopic (exact) mass is 351 g/mol. The van der Waals surface area contributed by atoms with E-state index in [0.29, 0.717) is 11.4 Å². The molecule has 0 amide bonds. The highest BCUT2D eigenvalue weighted by Gasteiger charge is 2.16. The lowest BCUT2D eigenvalue weighted by Gasteiger charge is -2.34. The number of hydrogen-bond acceptors (Lipinski definition) is 6. The number of piperazine rings is 1. The molecular formula is C16H19ClFN5O. The number of benzene rings is 1. The van der Waals surface area contributed by atoms with E-state index in [1.807, 2.05) is 18.2 Å². The van der Waals surface area contributed by atoms with Crippen molar-refractivity contribution in [3.8, 4) is 5.75 Å². The van der Waals surface area contributed by atoms with Gasteiger partial charge in [-0.1, -0.05) is 0 Å². The molecular weight excluding hydrogens is 333 g/mol. The van der Waals surface area contributed by atoms with E-state index in [0.717, 1.165) is 38.1 Å². The van der Waals surface area contributed by atoms with E-state index in [4.69, 9.17) is 16.3 Å². The molecule has 1 aliphatic rings. The van der Waals surface area contributed by atoms with Crippen LogP contribution >= 0.6 is 11.6 Å². The summed E-state index contributed by atoms with van der Waals surface area (Å²) in [5, 5.41) is 2.89. The molecule has 2 heterocycles. The van der Waals surface area contributed by atoms with Gasteiger partial charge in [-0.3, -0.25) is 0 Å². The van der Waals surface area contributed by atoms with Gasteiger partial charge in [0.15, 0.2) is 11.6 Å². The highest BCUT2D eigenvalue weighted by molar-refractivity contribution is 6.28. The Morgan fingerprint density at radius 3 is 2.71 bits per heavy atom. The molecule has 24 heavy (non-hydrogen) atoms. The van der Waals surface area contributed by atoms with E-state index in [1.165, 1.54) is 0 Å². The summed E-state index contributed by atoms with van der Waals surface area (Å²) >= 11 is 5.72. The Hall–Kier alpha value is -2.12. The van der Waals surface area contributed by atoms with Gasteiger partial charge in [0.2, 0.25) is 5.28 Å². The normalized spacial score (nSPS) is 15.4. The first kappa shape index (κ1) is 16.7. The van der Waals surface area contributed by atoms with Gasteiger partial charge in [-0.25, -0.2) is 9.37 Å². The fraction of sp³-hybridized carbons (Fsp3) is 0.375. The van der Waals surface area contributed by atoms with Crippen LogP contribution in [0.25, 0.3) is 0 Å². The van der Waals surface area contributed by atoms with Crippen molar-refractivity contribution in [2.24, 2.45) is 0 Å². The van der Waals surface area contributed by atoms with Gasteiger partial charge in [0.25, 0.3) is 0 Å². The predicted molar refractivity (Wildman–Crippen MR) is 93.0 cm³/mol. The second-order valence-electron chi connectivity index (χ2n) is 5.64. The Kier molecular flexibility index (Phi) is 5.01. The van der Waals surface area contributed by atoms with E-state index >= 15 is 0 Å². The minimum Gasteiger partial charge on any atom is -0.494 e. The molecule has 0 unspecified atom stereocenters. The van der Waals surface area contributed by atoms with Gasteiger partial charge in [-0.2, -0.15) is 4.98 Å². The molecule has 0 saturated carbocycles. The summed E-state index contributed by atoms with van der Waals surface area (Å²) in [6, 6.07) is 5.77. The van der Waals surface area contributed by atoms with E-state index < -0.39 is 5.82 Å². The summed E-state index contributed by atoms with van der Waals surface area (Å²) in [6.45, 7) is 3.96. The molecule has 128 valence electrons. The molecule has 0 radical (unpaired) electrons. The summed E-state index contributed by atoms with van der Waals surface area (Å²) in [7, 11) is 3.70. The number of anilines is 3. The van der Waals surface area contributed by atoms with Crippen molar-refractivity contribution in [1.29, 1.82) is 0 Å². The van der Waals surface area contributed by atoms with Crippen molar-refractivity contribution in [3.05, 3.63) is 35.5 Å². The van der Waals surface area contributed by atoms with Crippen LogP contribution in [0.2, 0.25) is 5.28 Å². The van der Waals surface area contributed by atoms with Crippen LogP contribution in [0.5, 0.6) is 5.75 Å². The fourth-order valence-corrected chi connectivity index (χ4v) is 2.74. The number of aromatic nitrogens is 2. The van der Waals surface area contributed by atoms with Gasteiger partial charge in [-0.15, -0.1) is 0 Å². The Morgan fingerprint density at radius 1 is 1.25 bits per heavy atom. The molecule has 8 heteroatoms. The van der Waals surface area contributed by atoms with Crippen LogP contribution in [-0.2, 0) is 0 Å². The quantitative estimate of drug-likeness (QED) is 0.855. The standard InChI is InChI=1S/C16H19ClFN5O/c1-22-5-7-23(8-6-22)11-3-4-13(14(9-11)24-2)20-15-12(18)10-19-16(17)21-15/h3-4,9-10H,5-8H2,1-2H3,(H,19,20,21). The molecule has 0 spiro atoms. The Bertz CT molecular complexity index is 722. The summed E-state index contributed by atoms with van der Waals surface area (Å²) in [4.78, 5) is 12.1. The number of nitrogens with one attached hydrogen (secondary N) is 1. The Balaban J connectivity index is 1.83. The van der Waals surface area contributed by atoms with Crippen molar-refractivity contribution in [1.82, 2.24) is 14.9 Å². The average molecular weight is 352 g/mol. The topological polar surface area (TPSA) is 53.5 Å². The van der Waals surface area contributed by atoms with Crippen LogP contribution in [0.15, 0.2) is 24.4 Å². The van der Waals surface area contributed by atoms with Crippen molar-refractivity contribution in [2.45, 2.75) is 0 Å². The maximum absolute atomic E-state index is 13.8. The maximum atomic E-state index is 13.8. The fourth-order valence-electron chi connectivity index (χ4n) is 2.61. The molecule has 2 aromatic rings. The van der Waals surface area contributed by atoms with Crippen LogP contribution in [0, 0.1) is 5.82 Å². The smallest absolute Gasteiger partial charge is 0.224 e. The first-order valence-corrected chi connectivity index (χ1v) is 8.01. The van der Waals surface area contributed by atoms with Gasteiger partial charge in [0, 0.05) is 37.9 Å². The van der Waals surface area contributed by atoms with Gasteiger partial charge < -0.3 is 19.9 Å². The third-order valence-corrected chi connectivity index (χ3v) is 4.20. The molecule has 0 aliphatic carbocycles. The third-order valence-electron chi connectivity index (χ3n) is 4.02. The van der Waals surface area contributed by atoms with Gasteiger partial charge >= 0.3 is 0 Å². The second-order valence-corrected chi connectivity index (χ2v) is 5.97. The lowest BCUT2D eigenvalue weighted by Crippen LogP contribution is -2.44. The SMILES string of the molecule is COc1cc(N2CCN(C)CC2)ccc1Nc1nc(Cl)ncc1F. The van der Waals surface area contributed by atoms with Gasteiger partial charge in [0.05, 0.1) is 19.0 Å². The van der Waals surface area contributed by atoms with Gasteiger partial charge in [0.1, 0.15) is 5.75 Å². The van der Waals surface area contributed by atoms with Crippen molar-refractivity contribution >= 4 is 28.8 Å². The van der Waals surface area contributed by atoms with E-state index in [9.17, 15) is 4.39 Å². The lowest BCUT2D eigenvalue weighted by molar-refractivity contribution is 0.312. The maximum Gasteiger partial charge on any atom is 0.224 e. The van der Waals surface area contributed by atoms with Crippen LogP contribution in [0.4, 0.5) is 21.6 Å². The van der Waals surface area contributed by atoms with Crippen LogP contribution in [-0.4, -0.2) is 55.2 Å². The van der Waals surface area contributed by atoms with E-state index in [-0.39, 0.29) is 11.1 Å². The average Bonchev–Trinajstić information content (AvgIpc) is 2.59. The number of nitrogens with zero attached hydrogens (tertiary/aromatic N) is 4. The summed E-state index contributed by atoms with van der Waals surface area (Å²) < 4.78 is 19.2. The Labute approximate surface area is 145 Å².